The van der Waals surface area contributed by atoms with Gasteiger partial charge in [0.25, 0.3) is 0 Å². The Morgan fingerprint density at radius 2 is 2.31 bits per heavy atom. The number of nitrogens with two attached hydrogens (primary N) is 1. The lowest BCUT2D eigenvalue weighted by Gasteiger charge is -2.09. The van der Waals surface area contributed by atoms with E-state index in [2.05, 4.69) is 0 Å². The molecule has 0 saturated heterocycles. The highest BCUT2D eigenvalue weighted by Crippen LogP contribution is 2.11. The van der Waals surface area contributed by atoms with Crippen molar-refractivity contribution in [3.05, 3.63) is 30.1 Å². The Balaban J connectivity index is 2.45. The zero-order valence-corrected chi connectivity index (χ0v) is 7.11. The van der Waals surface area contributed by atoms with Crippen molar-refractivity contribution in [2.24, 2.45) is 5.73 Å². The molecular weight excluding hydrogens is 173 g/mol. The zero-order valence-electron chi connectivity index (χ0n) is 7.11. The van der Waals surface area contributed by atoms with Crippen molar-refractivity contribution in [2.45, 2.75) is 6.10 Å². The topological polar surface area (TPSA) is 55.5 Å². The standard InChI is InChI=1S/C9H12FNO2/c10-7-2-1-3-9(4-7)13-6-8(12)5-11/h1-4,8,12H,5-6,11H2/t8-/m0/s1. The van der Waals surface area contributed by atoms with E-state index in [4.69, 9.17) is 15.6 Å². The fourth-order valence-electron chi connectivity index (χ4n) is 0.817. The number of aliphatic hydroxyl groups excluding tert-OH is 1. The SMILES string of the molecule is NC[C@H](O)COc1cccc(F)c1. The fraction of sp³-hybridized carbons (Fsp3) is 0.333. The van der Waals surface area contributed by atoms with Crippen LogP contribution in [0.4, 0.5) is 4.39 Å². The zero-order chi connectivity index (χ0) is 9.68. The molecule has 0 aliphatic carbocycles. The fourth-order valence-corrected chi connectivity index (χ4v) is 0.817. The van der Waals surface area contributed by atoms with Gasteiger partial charge in [-0.15, -0.1) is 0 Å². The summed E-state index contributed by atoms with van der Waals surface area (Å²) < 4.78 is 17.7. The molecule has 1 atom stereocenters. The summed E-state index contributed by atoms with van der Waals surface area (Å²) in [7, 11) is 0. The number of aliphatic hydroxyl groups is 1. The van der Waals surface area contributed by atoms with E-state index in [0.29, 0.717) is 5.75 Å². The number of ether oxygens (including phenoxy) is 1. The van der Waals surface area contributed by atoms with Crippen LogP contribution < -0.4 is 10.5 Å². The smallest absolute Gasteiger partial charge is 0.126 e. The Labute approximate surface area is 75.9 Å². The second-order valence-corrected chi connectivity index (χ2v) is 2.66. The largest absolute Gasteiger partial charge is 0.491 e. The van der Waals surface area contributed by atoms with Crippen molar-refractivity contribution >= 4 is 0 Å². The van der Waals surface area contributed by atoms with Crippen LogP contribution in [-0.4, -0.2) is 24.4 Å². The van der Waals surface area contributed by atoms with Crippen molar-refractivity contribution in [1.82, 2.24) is 0 Å². The number of benzene rings is 1. The molecule has 0 aromatic heterocycles. The van der Waals surface area contributed by atoms with Gasteiger partial charge in [0.15, 0.2) is 0 Å². The molecule has 0 aliphatic heterocycles. The van der Waals surface area contributed by atoms with Gasteiger partial charge in [-0.3, -0.25) is 0 Å². The molecule has 0 saturated carbocycles. The van der Waals surface area contributed by atoms with Crippen LogP contribution >= 0.6 is 0 Å². The summed E-state index contributed by atoms with van der Waals surface area (Å²) in [4.78, 5) is 0. The van der Waals surface area contributed by atoms with E-state index in [-0.39, 0.29) is 19.0 Å². The molecule has 0 fully saturated rings. The molecule has 1 aromatic rings. The second kappa shape index (κ2) is 4.79. The summed E-state index contributed by atoms with van der Waals surface area (Å²) in [6, 6.07) is 5.74. The first kappa shape index (κ1) is 9.95. The van der Waals surface area contributed by atoms with E-state index in [9.17, 15) is 4.39 Å². The number of hydrogen-bond donors (Lipinski definition) is 2. The highest BCUT2D eigenvalue weighted by atomic mass is 19.1. The molecule has 0 spiro atoms. The minimum absolute atomic E-state index is 0.0833. The van der Waals surface area contributed by atoms with Gasteiger partial charge in [-0.05, 0) is 12.1 Å². The van der Waals surface area contributed by atoms with Crippen molar-refractivity contribution < 1.29 is 14.2 Å². The lowest BCUT2D eigenvalue weighted by atomic mass is 10.3. The minimum atomic E-state index is -0.705. The van der Waals surface area contributed by atoms with Crippen LogP contribution in [-0.2, 0) is 0 Å². The Hall–Kier alpha value is -1.13. The first-order valence-corrected chi connectivity index (χ1v) is 3.99. The van der Waals surface area contributed by atoms with Crippen LogP contribution in [0.2, 0.25) is 0 Å². The Morgan fingerprint density at radius 3 is 2.92 bits per heavy atom. The first-order valence-electron chi connectivity index (χ1n) is 3.99. The Bertz CT molecular complexity index is 268. The average molecular weight is 185 g/mol. The van der Waals surface area contributed by atoms with Gasteiger partial charge in [-0.2, -0.15) is 0 Å². The molecule has 1 rings (SSSR count). The summed E-state index contributed by atoms with van der Waals surface area (Å²) in [6.07, 6.45) is -0.705. The van der Waals surface area contributed by atoms with E-state index >= 15 is 0 Å². The van der Waals surface area contributed by atoms with Crippen LogP contribution in [0.1, 0.15) is 0 Å². The van der Waals surface area contributed by atoms with Gasteiger partial charge in [-0.25, -0.2) is 4.39 Å². The van der Waals surface area contributed by atoms with Gasteiger partial charge < -0.3 is 15.6 Å². The second-order valence-electron chi connectivity index (χ2n) is 2.66. The van der Waals surface area contributed by atoms with E-state index in [1.807, 2.05) is 0 Å². The quantitative estimate of drug-likeness (QED) is 0.719. The summed E-state index contributed by atoms with van der Waals surface area (Å²) in [5, 5.41) is 9.04. The molecule has 0 radical (unpaired) electrons. The van der Waals surface area contributed by atoms with Gasteiger partial charge in [0.1, 0.15) is 24.3 Å². The summed E-state index contributed by atoms with van der Waals surface area (Å²) in [5.74, 6) is 0.0345. The number of halogens is 1. The third kappa shape index (κ3) is 3.40. The lowest BCUT2D eigenvalue weighted by molar-refractivity contribution is 0.114. The van der Waals surface area contributed by atoms with Crippen molar-refractivity contribution in [3.8, 4) is 5.75 Å². The minimum Gasteiger partial charge on any atom is -0.491 e. The third-order valence-corrected chi connectivity index (χ3v) is 1.51. The molecule has 0 heterocycles. The van der Waals surface area contributed by atoms with Gasteiger partial charge in [0.05, 0.1) is 0 Å². The highest BCUT2D eigenvalue weighted by Gasteiger charge is 2.02. The molecule has 0 amide bonds. The van der Waals surface area contributed by atoms with E-state index in [1.54, 1.807) is 12.1 Å². The normalized spacial score (nSPS) is 12.5. The Morgan fingerprint density at radius 1 is 1.54 bits per heavy atom. The van der Waals surface area contributed by atoms with E-state index in [1.165, 1.54) is 12.1 Å². The first-order chi connectivity index (χ1) is 6.22. The molecule has 4 heteroatoms. The van der Waals surface area contributed by atoms with Crippen LogP contribution in [0.5, 0.6) is 5.75 Å². The molecule has 3 N–H and O–H groups in total. The molecule has 3 nitrogen and oxygen atoms in total. The van der Waals surface area contributed by atoms with Crippen molar-refractivity contribution in [1.29, 1.82) is 0 Å². The summed E-state index contributed by atoms with van der Waals surface area (Å²) in [5.41, 5.74) is 5.16. The predicted octanol–water partition coefficient (Wildman–Crippen LogP) is 0.524. The Kier molecular flexibility index (Phi) is 3.67. The van der Waals surface area contributed by atoms with Crippen molar-refractivity contribution in [2.75, 3.05) is 13.2 Å². The van der Waals surface area contributed by atoms with E-state index < -0.39 is 6.10 Å². The van der Waals surface area contributed by atoms with Crippen LogP contribution in [0.25, 0.3) is 0 Å². The maximum Gasteiger partial charge on any atom is 0.126 e. The number of hydrogen-bond acceptors (Lipinski definition) is 3. The summed E-state index contributed by atoms with van der Waals surface area (Å²) >= 11 is 0. The number of rotatable bonds is 4. The van der Waals surface area contributed by atoms with Gasteiger partial charge in [0.2, 0.25) is 0 Å². The molecular formula is C9H12FNO2. The molecule has 13 heavy (non-hydrogen) atoms. The lowest BCUT2D eigenvalue weighted by Crippen LogP contribution is -2.26. The molecule has 0 bridgehead atoms. The predicted molar refractivity (Wildman–Crippen MR) is 47.0 cm³/mol. The van der Waals surface area contributed by atoms with Crippen LogP contribution in [0.15, 0.2) is 24.3 Å². The maximum atomic E-state index is 12.6. The molecule has 0 unspecified atom stereocenters. The van der Waals surface area contributed by atoms with Gasteiger partial charge in [0, 0.05) is 12.6 Å². The third-order valence-electron chi connectivity index (χ3n) is 1.51. The highest BCUT2D eigenvalue weighted by molar-refractivity contribution is 5.22. The molecule has 0 aliphatic rings. The van der Waals surface area contributed by atoms with E-state index in [0.717, 1.165) is 0 Å². The van der Waals surface area contributed by atoms with Crippen LogP contribution in [0, 0.1) is 5.82 Å². The average Bonchev–Trinajstić information content (AvgIpc) is 2.14. The van der Waals surface area contributed by atoms with Crippen molar-refractivity contribution in [3.63, 3.8) is 0 Å². The van der Waals surface area contributed by atoms with Crippen LogP contribution in [0.3, 0.4) is 0 Å². The van der Waals surface area contributed by atoms with Gasteiger partial charge >= 0.3 is 0 Å². The van der Waals surface area contributed by atoms with Gasteiger partial charge in [-0.1, -0.05) is 6.07 Å². The monoisotopic (exact) mass is 185 g/mol. The molecule has 1 aromatic carbocycles. The molecule has 72 valence electrons. The maximum absolute atomic E-state index is 12.6. The summed E-state index contributed by atoms with van der Waals surface area (Å²) in [6.45, 7) is 0.218.